The van der Waals surface area contributed by atoms with E-state index in [1.165, 1.54) is 6.07 Å². The van der Waals surface area contributed by atoms with Gasteiger partial charge in [0.25, 0.3) is 0 Å². The third-order valence-electron chi connectivity index (χ3n) is 1.74. The Kier molecular flexibility index (Phi) is 3.59. The highest BCUT2D eigenvalue weighted by Crippen LogP contribution is 2.14. The minimum atomic E-state index is -0.408. The van der Waals surface area contributed by atoms with Gasteiger partial charge in [-0.1, -0.05) is 6.07 Å². The number of nitrogens with one attached hydrogen (secondary N) is 2. The third-order valence-corrected chi connectivity index (χ3v) is 1.74. The van der Waals surface area contributed by atoms with Crippen molar-refractivity contribution in [1.82, 2.24) is 5.32 Å². The Balaban J connectivity index is 2.72. The number of halogens is 1. The van der Waals surface area contributed by atoms with Gasteiger partial charge in [-0.15, -0.1) is 0 Å². The van der Waals surface area contributed by atoms with Crippen molar-refractivity contribution in [2.45, 2.75) is 6.92 Å². The van der Waals surface area contributed by atoms with E-state index in [0.29, 0.717) is 0 Å². The molecule has 0 aliphatic heterocycles. The molecular weight excluding hydrogens is 183 g/mol. The molecule has 1 amide bonds. The molecule has 0 bridgehead atoms. The molecule has 3 nitrogen and oxygen atoms in total. The second-order valence-electron chi connectivity index (χ2n) is 3.06. The van der Waals surface area contributed by atoms with Crippen LogP contribution < -0.4 is 10.6 Å². The largest absolute Gasteiger partial charge is 0.322 e. The topological polar surface area (TPSA) is 41.1 Å². The molecule has 0 aliphatic rings. The molecule has 0 heterocycles. The number of amides is 1. The molecule has 0 unspecified atom stereocenters. The summed E-state index contributed by atoms with van der Waals surface area (Å²) in [6.07, 6.45) is 0. The summed E-state index contributed by atoms with van der Waals surface area (Å²) in [5.74, 6) is -0.662. The van der Waals surface area contributed by atoms with Crippen molar-refractivity contribution in [1.29, 1.82) is 0 Å². The van der Waals surface area contributed by atoms with Crippen LogP contribution in [0.2, 0.25) is 0 Å². The summed E-state index contributed by atoms with van der Waals surface area (Å²) in [4.78, 5) is 11.1. The molecule has 4 heteroatoms. The van der Waals surface area contributed by atoms with E-state index in [1.807, 2.05) is 0 Å². The first-order valence-electron chi connectivity index (χ1n) is 4.34. The second kappa shape index (κ2) is 4.72. The predicted octanol–water partition coefficient (Wildman–Crippen LogP) is 1.29. The summed E-state index contributed by atoms with van der Waals surface area (Å²) < 4.78 is 13.2. The summed E-state index contributed by atoms with van der Waals surface area (Å²) in [5, 5.41) is 5.15. The van der Waals surface area contributed by atoms with Crippen molar-refractivity contribution < 1.29 is 9.18 Å². The lowest BCUT2D eigenvalue weighted by atomic mass is 10.2. The normalized spacial score (nSPS) is 9.93. The van der Waals surface area contributed by atoms with Crippen molar-refractivity contribution in [2.75, 3.05) is 18.9 Å². The van der Waals surface area contributed by atoms with Gasteiger partial charge in [0.05, 0.1) is 12.2 Å². The highest BCUT2D eigenvalue weighted by atomic mass is 19.1. The fourth-order valence-corrected chi connectivity index (χ4v) is 1.08. The van der Waals surface area contributed by atoms with E-state index in [0.717, 1.165) is 5.56 Å². The first kappa shape index (κ1) is 10.7. The van der Waals surface area contributed by atoms with Gasteiger partial charge in [-0.2, -0.15) is 0 Å². The molecule has 0 radical (unpaired) electrons. The fourth-order valence-electron chi connectivity index (χ4n) is 1.08. The minimum Gasteiger partial charge on any atom is -0.322 e. The van der Waals surface area contributed by atoms with Gasteiger partial charge in [0.2, 0.25) is 5.91 Å². The van der Waals surface area contributed by atoms with Crippen LogP contribution in [0.3, 0.4) is 0 Å². The molecule has 1 aromatic rings. The first-order valence-corrected chi connectivity index (χ1v) is 4.34. The molecule has 2 N–H and O–H groups in total. The van der Waals surface area contributed by atoms with Gasteiger partial charge in [0, 0.05) is 0 Å². The van der Waals surface area contributed by atoms with Crippen LogP contribution in [0.15, 0.2) is 18.2 Å². The van der Waals surface area contributed by atoms with E-state index in [9.17, 15) is 9.18 Å². The molecule has 0 saturated heterocycles. The number of carbonyl (C=O) groups is 1. The summed E-state index contributed by atoms with van der Waals surface area (Å²) in [6, 6.07) is 4.69. The maximum atomic E-state index is 13.2. The van der Waals surface area contributed by atoms with E-state index < -0.39 is 5.82 Å². The van der Waals surface area contributed by atoms with E-state index >= 15 is 0 Å². The molecule has 0 aliphatic carbocycles. The zero-order valence-corrected chi connectivity index (χ0v) is 8.23. The van der Waals surface area contributed by atoms with Crippen LogP contribution in [0, 0.1) is 12.7 Å². The number of carbonyl (C=O) groups excluding carboxylic acids is 1. The average molecular weight is 196 g/mol. The van der Waals surface area contributed by atoms with Crippen LogP contribution in [0.1, 0.15) is 5.56 Å². The van der Waals surface area contributed by atoms with Crippen LogP contribution in [-0.4, -0.2) is 19.5 Å². The highest BCUT2D eigenvalue weighted by molar-refractivity contribution is 5.92. The Morgan fingerprint density at radius 2 is 2.21 bits per heavy atom. The van der Waals surface area contributed by atoms with Gasteiger partial charge in [-0.05, 0) is 31.7 Å². The third kappa shape index (κ3) is 2.81. The van der Waals surface area contributed by atoms with E-state index in [1.54, 1.807) is 26.1 Å². The summed E-state index contributed by atoms with van der Waals surface area (Å²) >= 11 is 0. The van der Waals surface area contributed by atoms with Gasteiger partial charge < -0.3 is 10.6 Å². The van der Waals surface area contributed by atoms with E-state index in [-0.39, 0.29) is 18.1 Å². The number of aryl methyl sites for hydroxylation is 1. The Bertz CT molecular complexity index is 339. The lowest BCUT2D eigenvalue weighted by Crippen LogP contribution is -2.25. The van der Waals surface area contributed by atoms with Crippen molar-refractivity contribution >= 4 is 11.6 Å². The molecule has 0 atom stereocenters. The Morgan fingerprint density at radius 1 is 1.50 bits per heavy atom. The van der Waals surface area contributed by atoms with E-state index in [2.05, 4.69) is 10.6 Å². The van der Waals surface area contributed by atoms with Gasteiger partial charge in [0.15, 0.2) is 0 Å². The number of rotatable bonds is 3. The van der Waals surface area contributed by atoms with Crippen molar-refractivity contribution in [2.24, 2.45) is 0 Å². The molecule has 14 heavy (non-hydrogen) atoms. The molecular formula is C10H13FN2O. The van der Waals surface area contributed by atoms with Gasteiger partial charge in [-0.3, -0.25) is 4.79 Å². The molecule has 0 fully saturated rings. The highest BCUT2D eigenvalue weighted by Gasteiger charge is 2.05. The zero-order valence-electron chi connectivity index (χ0n) is 8.23. The molecule has 1 rings (SSSR count). The standard InChI is InChI=1S/C10H13FN2O/c1-7-3-4-9(8(11)5-7)13-10(14)6-12-2/h3-5,12H,6H2,1-2H3,(H,13,14). The summed E-state index contributed by atoms with van der Waals surface area (Å²) in [5.41, 5.74) is 1.05. The molecule has 0 aromatic heterocycles. The number of likely N-dealkylation sites (N-methyl/N-ethyl adjacent to an activating group) is 1. The maximum absolute atomic E-state index is 13.2. The number of hydrogen-bond acceptors (Lipinski definition) is 2. The minimum absolute atomic E-state index is 0.174. The quantitative estimate of drug-likeness (QED) is 0.764. The molecule has 76 valence electrons. The average Bonchev–Trinajstić information content (AvgIpc) is 2.10. The smallest absolute Gasteiger partial charge is 0.238 e. The van der Waals surface area contributed by atoms with Gasteiger partial charge in [-0.25, -0.2) is 4.39 Å². The summed E-state index contributed by atoms with van der Waals surface area (Å²) in [7, 11) is 1.66. The SMILES string of the molecule is CNCC(=O)Nc1ccc(C)cc1F. The first-order chi connectivity index (χ1) is 6.63. The van der Waals surface area contributed by atoms with Crippen molar-refractivity contribution in [3.8, 4) is 0 Å². The number of hydrogen-bond donors (Lipinski definition) is 2. The van der Waals surface area contributed by atoms with Crippen LogP contribution >= 0.6 is 0 Å². The van der Waals surface area contributed by atoms with Gasteiger partial charge >= 0.3 is 0 Å². The van der Waals surface area contributed by atoms with Crippen LogP contribution in [0.4, 0.5) is 10.1 Å². The van der Waals surface area contributed by atoms with Gasteiger partial charge in [0.1, 0.15) is 5.82 Å². The molecule has 0 saturated carbocycles. The Hall–Kier alpha value is -1.42. The number of benzene rings is 1. The Morgan fingerprint density at radius 3 is 2.79 bits per heavy atom. The lowest BCUT2D eigenvalue weighted by molar-refractivity contribution is -0.115. The van der Waals surface area contributed by atoms with Crippen molar-refractivity contribution in [3.05, 3.63) is 29.6 Å². The van der Waals surface area contributed by atoms with Crippen LogP contribution in [0.25, 0.3) is 0 Å². The van der Waals surface area contributed by atoms with E-state index in [4.69, 9.17) is 0 Å². The summed E-state index contributed by atoms with van der Waals surface area (Å²) in [6.45, 7) is 1.97. The fraction of sp³-hybridized carbons (Fsp3) is 0.300. The molecule has 1 aromatic carbocycles. The van der Waals surface area contributed by atoms with Crippen molar-refractivity contribution in [3.63, 3.8) is 0 Å². The second-order valence-corrected chi connectivity index (χ2v) is 3.06. The predicted molar refractivity (Wildman–Crippen MR) is 53.7 cm³/mol. The van der Waals surface area contributed by atoms with Crippen LogP contribution in [0.5, 0.6) is 0 Å². The zero-order chi connectivity index (χ0) is 10.6. The van der Waals surface area contributed by atoms with Crippen LogP contribution in [-0.2, 0) is 4.79 Å². The lowest BCUT2D eigenvalue weighted by Gasteiger charge is -2.06. The Labute approximate surface area is 82.3 Å². The maximum Gasteiger partial charge on any atom is 0.238 e. The molecule has 0 spiro atoms. The number of anilines is 1. The monoisotopic (exact) mass is 196 g/mol.